The smallest absolute Gasteiger partial charge is 0.328 e. The van der Waals surface area contributed by atoms with Crippen molar-refractivity contribution in [2.24, 2.45) is 0 Å². The molecule has 0 atom stereocenters. The van der Waals surface area contributed by atoms with Gasteiger partial charge in [0.15, 0.2) is 5.78 Å². The van der Waals surface area contributed by atoms with Crippen molar-refractivity contribution in [3.05, 3.63) is 50.0 Å². The minimum atomic E-state index is -0.624. The number of anilines is 1. The van der Waals surface area contributed by atoms with Crippen molar-refractivity contribution in [3.63, 3.8) is 0 Å². The highest BCUT2D eigenvalue weighted by atomic mass is 16.4. The summed E-state index contributed by atoms with van der Waals surface area (Å²) in [6.07, 6.45) is 1.19. The number of aromatic amines is 1. The van der Waals surface area contributed by atoms with E-state index in [-0.39, 0.29) is 41.5 Å². The number of aromatic nitrogens is 2. The Labute approximate surface area is 135 Å². The molecule has 124 valence electrons. The van der Waals surface area contributed by atoms with Gasteiger partial charge in [-0.3, -0.25) is 24.7 Å². The molecule has 2 aromatic rings. The molecule has 0 aliphatic carbocycles. The molecule has 1 amide bonds. The summed E-state index contributed by atoms with van der Waals surface area (Å²) in [5, 5.41) is 11.6. The van der Waals surface area contributed by atoms with E-state index in [1.165, 1.54) is 30.7 Å². The van der Waals surface area contributed by atoms with Crippen LogP contribution in [0.15, 0.2) is 26.3 Å². The number of H-pyrrole nitrogens is 1. The summed E-state index contributed by atoms with van der Waals surface area (Å²) in [7, 11) is 0. The number of ketones is 1. The van der Waals surface area contributed by atoms with Crippen LogP contribution in [-0.4, -0.2) is 21.2 Å². The topological polar surface area (TPSA) is 138 Å². The SMILES string of the molecule is CC(=O)c1c(C)oc(NC(=O)CCn2ccc(=O)[nH]c2=O)c1C#N. The summed E-state index contributed by atoms with van der Waals surface area (Å²) < 4.78 is 6.44. The number of carbonyl (C=O) groups excluding carboxylic acids is 2. The molecule has 2 rings (SSSR count). The fraction of sp³-hybridized carbons (Fsp3) is 0.267. The maximum Gasteiger partial charge on any atom is 0.328 e. The number of amides is 1. The Balaban J connectivity index is 2.12. The first kappa shape index (κ1) is 17.0. The number of carbonyl (C=O) groups is 2. The van der Waals surface area contributed by atoms with Gasteiger partial charge in [0.25, 0.3) is 5.56 Å². The van der Waals surface area contributed by atoms with Crippen molar-refractivity contribution in [2.45, 2.75) is 26.8 Å². The number of rotatable bonds is 5. The third kappa shape index (κ3) is 3.49. The lowest BCUT2D eigenvalue weighted by molar-refractivity contribution is -0.116. The lowest BCUT2D eigenvalue weighted by Gasteiger charge is -2.05. The van der Waals surface area contributed by atoms with E-state index in [9.17, 15) is 19.2 Å². The Morgan fingerprint density at radius 2 is 2.12 bits per heavy atom. The molecule has 0 unspecified atom stereocenters. The molecule has 0 saturated heterocycles. The summed E-state index contributed by atoms with van der Waals surface area (Å²) in [6.45, 7) is 2.85. The molecule has 0 radical (unpaired) electrons. The number of furan rings is 1. The number of nitrogens with zero attached hydrogens (tertiary/aromatic N) is 2. The van der Waals surface area contributed by atoms with Gasteiger partial charge in [0.2, 0.25) is 11.8 Å². The number of nitriles is 1. The molecule has 0 bridgehead atoms. The normalized spacial score (nSPS) is 10.2. The Morgan fingerprint density at radius 1 is 1.42 bits per heavy atom. The van der Waals surface area contributed by atoms with E-state index in [1.54, 1.807) is 0 Å². The fourth-order valence-corrected chi connectivity index (χ4v) is 2.19. The number of nitrogens with one attached hydrogen (secondary N) is 2. The van der Waals surface area contributed by atoms with Gasteiger partial charge in [-0.25, -0.2) is 4.79 Å². The Morgan fingerprint density at radius 3 is 2.71 bits per heavy atom. The Bertz CT molecular complexity index is 957. The first-order valence-corrected chi connectivity index (χ1v) is 6.97. The molecule has 0 spiro atoms. The third-order valence-electron chi connectivity index (χ3n) is 3.28. The number of Topliss-reactive ketones (excluding diaryl/α,β-unsaturated/α-hetero) is 1. The average molecular weight is 330 g/mol. The second kappa shape index (κ2) is 6.78. The highest BCUT2D eigenvalue weighted by Crippen LogP contribution is 2.26. The van der Waals surface area contributed by atoms with Crippen molar-refractivity contribution in [1.82, 2.24) is 9.55 Å². The van der Waals surface area contributed by atoms with E-state index < -0.39 is 17.2 Å². The van der Waals surface area contributed by atoms with Gasteiger partial charge in [-0.15, -0.1) is 0 Å². The summed E-state index contributed by atoms with van der Waals surface area (Å²) in [5.41, 5.74) is -1.05. The third-order valence-corrected chi connectivity index (χ3v) is 3.28. The second-order valence-electron chi connectivity index (χ2n) is 5.01. The van der Waals surface area contributed by atoms with Gasteiger partial charge < -0.3 is 8.98 Å². The van der Waals surface area contributed by atoms with Crippen LogP contribution < -0.4 is 16.6 Å². The van der Waals surface area contributed by atoms with Crippen LogP contribution in [-0.2, 0) is 11.3 Å². The van der Waals surface area contributed by atoms with Crippen molar-refractivity contribution in [1.29, 1.82) is 5.26 Å². The molecule has 0 aliphatic rings. The Hall–Kier alpha value is -3.41. The van der Waals surface area contributed by atoms with Crippen LogP contribution in [0.1, 0.15) is 35.0 Å². The quantitative estimate of drug-likeness (QED) is 0.767. The average Bonchev–Trinajstić information content (AvgIpc) is 2.81. The second-order valence-corrected chi connectivity index (χ2v) is 5.01. The molecule has 24 heavy (non-hydrogen) atoms. The van der Waals surface area contributed by atoms with E-state index in [1.807, 2.05) is 6.07 Å². The van der Waals surface area contributed by atoms with Crippen LogP contribution in [0.3, 0.4) is 0 Å². The van der Waals surface area contributed by atoms with Crippen LogP contribution in [0.2, 0.25) is 0 Å². The first-order valence-electron chi connectivity index (χ1n) is 6.97. The first-order chi connectivity index (χ1) is 11.3. The van der Waals surface area contributed by atoms with Crippen molar-refractivity contribution < 1.29 is 14.0 Å². The predicted octanol–water partition coefficient (Wildman–Crippen LogP) is 0.541. The van der Waals surface area contributed by atoms with Gasteiger partial charge >= 0.3 is 5.69 Å². The van der Waals surface area contributed by atoms with Gasteiger partial charge in [-0.05, 0) is 13.8 Å². The standard InChI is InChI=1S/C15H14N4O5/c1-8(20)13-9(2)24-14(10(13)7-16)17-11(21)3-5-19-6-4-12(22)18-15(19)23/h4,6H,3,5H2,1-2H3,(H,17,21)(H,18,22,23). The molecule has 0 aromatic carbocycles. The molecule has 0 aliphatic heterocycles. The summed E-state index contributed by atoms with van der Waals surface area (Å²) >= 11 is 0. The van der Waals surface area contributed by atoms with E-state index in [4.69, 9.17) is 9.68 Å². The fourth-order valence-electron chi connectivity index (χ4n) is 2.19. The molecule has 9 heteroatoms. The highest BCUT2D eigenvalue weighted by molar-refractivity contribution is 6.00. The van der Waals surface area contributed by atoms with E-state index in [0.29, 0.717) is 0 Å². The minimum Gasteiger partial charge on any atom is -0.443 e. The van der Waals surface area contributed by atoms with Crippen LogP contribution in [0.5, 0.6) is 0 Å². The zero-order valence-electron chi connectivity index (χ0n) is 13.0. The molecule has 0 saturated carbocycles. The van der Waals surface area contributed by atoms with Crippen LogP contribution >= 0.6 is 0 Å². The predicted molar refractivity (Wildman–Crippen MR) is 82.7 cm³/mol. The van der Waals surface area contributed by atoms with Crippen LogP contribution in [0.25, 0.3) is 0 Å². The van der Waals surface area contributed by atoms with E-state index in [2.05, 4.69) is 10.3 Å². The lowest BCUT2D eigenvalue weighted by atomic mass is 10.1. The maximum atomic E-state index is 12.0. The van der Waals surface area contributed by atoms with E-state index >= 15 is 0 Å². The monoisotopic (exact) mass is 330 g/mol. The van der Waals surface area contributed by atoms with Crippen molar-refractivity contribution in [3.8, 4) is 6.07 Å². The zero-order chi connectivity index (χ0) is 17.9. The highest BCUT2D eigenvalue weighted by Gasteiger charge is 2.22. The summed E-state index contributed by atoms with van der Waals surface area (Å²) in [5.74, 6) is -0.702. The van der Waals surface area contributed by atoms with Crippen molar-refractivity contribution in [2.75, 3.05) is 5.32 Å². The minimum absolute atomic E-state index is 0.0303. The van der Waals surface area contributed by atoms with Gasteiger partial charge in [-0.2, -0.15) is 5.26 Å². The van der Waals surface area contributed by atoms with Gasteiger partial charge in [0.1, 0.15) is 17.4 Å². The molecular weight excluding hydrogens is 316 g/mol. The number of hydrogen-bond donors (Lipinski definition) is 2. The maximum absolute atomic E-state index is 12.0. The lowest BCUT2D eigenvalue weighted by Crippen LogP contribution is -2.29. The molecule has 2 heterocycles. The number of aryl methyl sites for hydroxylation is 2. The summed E-state index contributed by atoms with van der Waals surface area (Å²) in [4.78, 5) is 48.0. The molecule has 0 fully saturated rings. The Kier molecular flexibility index (Phi) is 4.79. The number of hydrogen-bond acceptors (Lipinski definition) is 6. The summed E-state index contributed by atoms with van der Waals surface area (Å²) in [6, 6.07) is 3.01. The van der Waals surface area contributed by atoms with Gasteiger partial charge in [0, 0.05) is 25.2 Å². The molecule has 2 aromatic heterocycles. The van der Waals surface area contributed by atoms with Gasteiger partial charge in [0.05, 0.1) is 5.56 Å². The molecular formula is C15H14N4O5. The van der Waals surface area contributed by atoms with Crippen LogP contribution in [0.4, 0.5) is 5.88 Å². The molecule has 9 nitrogen and oxygen atoms in total. The van der Waals surface area contributed by atoms with Gasteiger partial charge in [-0.1, -0.05) is 0 Å². The van der Waals surface area contributed by atoms with Crippen LogP contribution in [0, 0.1) is 18.3 Å². The molecule has 2 N–H and O–H groups in total. The van der Waals surface area contributed by atoms with Crippen molar-refractivity contribution >= 4 is 17.6 Å². The van der Waals surface area contributed by atoms with E-state index in [0.717, 1.165) is 0 Å². The largest absolute Gasteiger partial charge is 0.443 e. The zero-order valence-corrected chi connectivity index (χ0v) is 13.0.